The lowest BCUT2D eigenvalue weighted by Gasteiger charge is -2.13. The standard InChI is InChI=1S/C12H10Cl2O/c13-11-6-2-5-10(12(11)14)8-3-1-4-9(15)7-8/h2,5-7H,1,3-4H2. The number of allylic oxidation sites excluding steroid dienone is 2. The van der Waals surface area contributed by atoms with Gasteiger partial charge in [0.1, 0.15) is 0 Å². The molecule has 0 bridgehead atoms. The number of hydrogen-bond acceptors (Lipinski definition) is 1. The first-order chi connectivity index (χ1) is 7.18. The highest BCUT2D eigenvalue weighted by Gasteiger charge is 2.14. The Morgan fingerprint density at radius 1 is 1.13 bits per heavy atom. The quantitative estimate of drug-likeness (QED) is 0.722. The van der Waals surface area contributed by atoms with E-state index >= 15 is 0 Å². The third kappa shape index (κ3) is 2.24. The molecule has 0 unspecified atom stereocenters. The Bertz CT molecular complexity index is 435. The van der Waals surface area contributed by atoms with Crippen molar-refractivity contribution in [3.05, 3.63) is 39.9 Å². The molecule has 0 aliphatic heterocycles. The Morgan fingerprint density at radius 3 is 2.67 bits per heavy atom. The lowest BCUT2D eigenvalue weighted by atomic mass is 9.93. The average Bonchev–Trinajstić information content (AvgIpc) is 2.22. The molecule has 0 aromatic heterocycles. The minimum absolute atomic E-state index is 0.173. The monoisotopic (exact) mass is 240 g/mol. The smallest absolute Gasteiger partial charge is 0.155 e. The Morgan fingerprint density at radius 2 is 1.93 bits per heavy atom. The minimum Gasteiger partial charge on any atom is -0.295 e. The zero-order valence-electron chi connectivity index (χ0n) is 8.09. The second kappa shape index (κ2) is 4.38. The van der Waals surface area contributed by atoms with E-state index in [9.17, 15) is 4.79 Å². The number of ketones is 1. The van der Waals surface area contributed by atoms with E-state index in [1.54, 1.807) is 12.1 Å². The van der Waals surface area contributed by atoms with Crippen LogP contribution in [0.5, 0.6) is 0 Å². The molecule has 0 saturated carbocycles. The van der Waals surface area contributed by atoms with Crippen molar-refractivity contribution in [2.24, 2.45) is 0 Å². The SMILES string of the molecule is O=C1C=C(c2cccc(Cl)c2Cl)CCC1. The fourth-order valence-electron chi connectivity index (χ4n) is 1.76. The molecule has 0 radical (unpaired) electrons. The van der Waals surface area contributed by atoms with Gasteiger partial charge in [-0.2, -0.15) is 0 Å². The molecule has 1 aromatic rings. The predicted molar refractivity (Wildman–Crippen MR) is 63.3 cm³/mol. The van der Waals surface area contributed by atoms with Crippen LogP contribution in [0.4, 0.5) is 0 Å². The van der Waals surface area contributed by atoms with E-state index in [2.05, 4.69) is 0 Å². The zero-order chi connectivity index (χ0) is 10.8. The molecule has 0 atom stereocenters. The van der Waals surface area contributed by atoms with Crippen LogP contribution in [-0.4, -0.2) is 5.78 Å². The van der Waals surface area contributed by atoms with Crippen LogP contribution in [0.25, 0.3) is 5.57 Å². The Hall–Kier alpha value is -0.790. The summed E-state index contributed by atoms with van der Waals surface area (Å²) in [6.07, 6.45) is 4.11. The summed E-state index contributed by atoms with van der Waals surface area (Å²) in [5, 5.41) is 1.08. The normalized spacial score (nSPS) is 16.4. The Labute approximate surface area is 98.7 Å². The molecule has 0 amide bonds. The van der Waals surface area contributed by atoms with Crippen molar-refractivity contribution in [3.8, 4) is 0 Å². The topological polar surface area (TPSA) is 17.1 Å². The number of hydrogen-bond donors (Lipinski definition) is 0. The first-order valence-electron chi connectivity index (χ1n) is 4.86. The minimum atomic E-state index is 0.173. The number of benzene rings is 1. The molecular weight excluding hydrogens is 231 g/mol. The van der Waals surface area contributed by atoms with Gasteiger partial charge in [0.15, 0.2) is 5.78 Å². The summed E-state index contributed by atoms with van der Waals surface area (Å²) >= 11 is 12.0. The molecule has 0 saturated heterocycles. The fourth-order valence-corrected chi connectivity index (χ4v) is 2.18. The Balaban J connectivity index is 2.45. The van der Waals surface area contributed by atoms with Crippen molar-refractivity contribution < 1.29 is 4.79 Å². The molecule has 1 aromatic carbocycles. The van der Waals surface area contributed by atoms with E-state index in [0.717, 1.165) is 24.0 Å². The van der Waals surface area contributed by atoms with Gasteiger partial charge in [-0.15, -0.1) is 0 Å². The van der Waals surface area contributed by atoms with Crippen molar-refractivity contribution >= 4 is 34.6 Å². The molecule has 1 aliphatic rings. The average molecular weight is 241 g/mol. The summed E-state index contributed by atoms with van der Waals surface area (Å²) in [5.41, 5.74) is 1.89. The molecule has 1 aliphatic carbocycles. The molecular formula is C12H10Cl2O. The van der Waals surface area contributed by atoms with Gasteiger partial charge in [-0.1, -0.05) is 35.3 Å². The molecule has 0 fully saturated rings. The number of halogens is 2. The van der Waals surface area contributed by atoms with Gasteiger partial charge in [0.05, 0.1) is 10.0 Å². The van der Waals surface area contributed by atoms with Gasteiger partial charge in [-0.25, -0.2) is 0 Å². The number of carbonyl (C=O) groups is 1. The van der Waals surface area contributed by atoms with Gasteiger partial charge in [0.25, 0.3) is 0 Å². The van der Waals surface area contributed by atoms with Crippen LogP contribution in [0.2, 0.25) is 10.0 Å². The fraction of sp³-hybridized carbons (Fsp3) is 0.250. The number of rotatable bonds is 1. The second-order valence-electron chi connectivity index (χ2n) is 3.59. The third-order valence-corrected chi connectivity index (χ3v) is 3.32. The zero-order valence-corrected chi connectivity index (χ0v) is 9.61. The molecule has 3 heteroatoms. The highest BCUT2D eigenvalue weighted by atomic mass is 35.5. The summed E-state index contributed by atoms with van der Waals surface area (Å²) in [4.78, 5) is 11.3. The summed E-state index contributed by atoms with van der Waals surface area (Å²) in [7, 11) is 0. The molecule has 78 valence electrons. The molecule has 0 N–H and O–H groups in total. The third-order valence-electron chi connectivity index (χ3n) is 2.50. The van der Waals surface area contributed by atoms with Gasteiger partial charge >= 0.3 is 0 Å². The lowest BCUT2D eigenvalue weighted by molar-refractivity contribution is -0.114. The summed E-state index contributed by atoms with van der Waals surface area (Å²) in [6.45, 7) is 0. The summed E-state index contributed by atoms with van der Waals surface area (Å²) in [5.74, 6) is 0.173. The lowest BCUT2D eigenvalue weighted by Crippen LogP contribution is -2.02. The van der Waals surface area contributed by atoms with Crippen LogP contribution in [0.15, 0.2) is 24.3 Å². The molecule has 0 heterocycles. The van der Waals surface area contributed by atoms with Crippen LogP contribution in [0.1, 0.15) is 24.8 Å². The van der Waals surface area contributed by atoms with Crippen molar-refractivity contribution in [1.82, 2.24) is 0 Å². The second-order valence-corrected chi connectivity index (χ2v) is 4.38. The van der Waals surface area contributed by atoms with E-state index in [0.29, 0.717) is 16.5 Å². The van der Waals surface area contributed by atoms with E-state index in [1.165, 1.54) is 0 Å². The van der Waals surface area contributed by atoms with Crippen LogP contribution < -0.4 is 0 Å². The van der Waals surface area contributed by atoms with E-state index < -0.39 is 0 Å². The largest absolute Gasteiger partial charge is 0.295 e. The van der Waals surface area contributed by atoms with Crippen LogP contribution >= 0.6 is 23.2 Å². The maximum Gasteiger partial charge on any atom is 0.155 e. The molecule has 2 rings (SSSR count). The maximum atomic E-state index is 11.3. The van der Waals surface area contributed by atoms with Crippen LogP contribution in [-0.2, 0) is 4.79 Å². The number of carbonyl (C=O) groups excluding carboxylic acids is 1. The maximum absolute atomic E-state index is 11.3. The van der Waals surface area contributed by atoms with Gasteiger partial charge < -0.3 is 0 Å². The first-order valence-corrected chi connectivity index (χ1v) is 5.62. The summed E-state index contributed by atoms with van der Waals surface area (Å²) < 4.78 is 0. The van der Waals surface area contributed by atoms with Crippen molar-refractivity contribution in [1.29, 1.82) is 0 Å². The van der Waals surface area contributed by atoms with Gasteiger partial charge in [-0.05, 0) is 36.1 Å². The van der Waals surface area contributed by atoms with E-state index in [1.807, 2.05) is 12.1 Å². The molecule has 1 nitrogen and oxygen atoms in total. The van der Waals surface area contributed by atoms with Gasteiger partial charge in [0, 0.05) is 6.42 Å². The Kier molecular flexibility index (Phi) is 3.13. The van der Waals surface area contributed by atoms with Gasteiger partial charge in [0.2, 0.25) is 0 Å². The predicted octanol–water partition coefficient (Wildman–Crippen LogP) is 4.13. The highest BCUT2D eigenvalue weighted by Crippen LogP contribution is 2.34. The van der Waals surface area contributed by atoms with Crippen molar-refractivity contribution in [3.63, 3.8) is 0 Å². The van der Waals surface area contributed by atoms with E-state index in [4.69, 9.17) is 23.2 Å². The van der Waals surface area contributed by atoms with E-state index in [-0.39, 0.29) is 5.78 Å². The highest BCUT2D eigenvalue weighted by molar-refractivity contribution is 6.43. The first kappa shape index (κ1) is 10.7. The van der Waals surface area contributed by atoms with Crippen molar-refractivity contribution in [2.45, 2.75) is 19.3 Å². The molecule has 0 spiro atoms. The van der Waals surface area contributed by atoms with Crippen LogP contribution in [0.3, 0.4) is 0 Å². The summed E-state index contributed by atoms with van der Waals surface area (Å²) in [6, 6.07) is 5.50. The molecule has 15 heavy (non-hydrogen) atoms. The van der Waals surface area contributed by atoms with Gasteiger partial charge in [-0.3, -0.25) is 4.79 Å². The van der Waals surface area contributed by atoms with Crippen LogP contribution in [0, 0.1) is 0 Å². The van der Waals surface area contributed by atoms with Crippen molar-refractivity contribution in [2.75, 3.05) is 0 Å².